The molecule has 0 unspecified atom stereocenters. The summed E-state index contributed by atoms with van der Waals surface area (Å²) in [6.07, 6.45) is 0. The molecule has 2 aromatic rings. The minimum atomic E-state index is -4.94. The molecule has 0 aromatic heterocycles. The Hall–Kier alpha value is -1.57. The third-order valence-electron chi connectivity index (χ3n) is 2.95. The average molecular weight is 486 g/mol. The number of hydrogen-bond acceptors (Lipinski definition) is 7. The van der Waals surface area contributed by atoms with Gasteiger partial charge in [-0.25, -0.2) is 18.6 Å². The first-order valence-corrected chi connectivity index (χ1v) is 8.56. The fourth-order valence-electron chi connectivity index (χ4n) is 1.79. The van der Waals surface area contributed by atoms with Gasteiger partial charge in [0.05, 0.1) is 12.1 Å². The van der Waals surface area contributed by atoms with Gasteiger partial charge in [0.1, 0.15) is 0 Å². The van der Waals surface area contributed by atoms with Crippen molar-refractivity contribution in [2.45, 2.75) is 26.8 Å². The van der Waals surface area contributed by atoms with Crippen LogP contribution in [0, 0.1) is 39.0 Å². The predicted octanol–water partition coefficient (Wildman–Crippen LogP) is -0.436. The first-order valence-electron chi connectivity index (χ1n) is 7.32. The molecule has 0 heterocycles. The van der Waals surface area contributed by atoms with E-state index < -0.39 is 10.2 Å². The van der Waals surface area contributed by atoms with Gasteiger partial charge in [-0.3, -0.25) is 0 Å². The van der Waals surface area contributed by atoms with Crippen LogP contribution in [0.4, 0.5) is 0 Å². The summed E-state index contributed by atoms with van der Waals surface area (Å²) in [4.78, 5) is 2.21. The first kappa shape index (κ1) is 30.2. The molecule has 7 nitrogen and oxygen atoms in total. The summed E-state index contributed by atoms with van der Waals surface area (Å²) in [6, 6.07) is 19.9. The number of benzene rings is 2. The summed E-state index contributed by atoms with van der Waals surface area (Å²) in [5.74, 6) is 0. The molecular weight excluding hydrogens is 464 g/mol. The van der Waals surface area contributed by atoms with Crippen LogP contribution >= 0.6 is 0 Å². The van der Waals surface area contributed by atoms with Gasteiger partial charge in [0.25, 0.3) is 0 Å². The number of nitrogens with zero attached hydrogens (tertiary/aromatic N) is 3. The molecule has 0 aliphatic heterocycles. The van der Waals surface area contributed by atoms with Crippen molar-refractivity contribution < 1.29 is 49.3 Å². The quantitative estimate of drug-likeness (QED) is 0.414. The Morgan fingerprint density at radius 1 is 1.00 bits per heavy atom. The summed E-state index contributed by atoms with van der Waals surface area (Å²) in [6.45, 7) is 5.07. The van der Waals surface area contributed by atoms with Crippen LogP contribution in [0.3, 0.4) is 0 Å². The van der Waals surface area contributed by atoms with Gasteiger partial charge in [-0.05, 0) is 21.0 Å². The fraction of sp³-hybridized carbons (Fsp3) is 0.333. The van der Waals surface area contributed by atoms with Crippen molar-refractivity contribution >= 4 is 10.8 Å². The van der Waals surface area contributed by atoms with Crippen molar-refractivity contribution in [3.8, 4) is 12.1 Å². The molecule has 0 saturated heterocycles. The van der Waals surface area contributed by atoms with Crippen molar-refractivity contribution in [1.82, 2.24) is 4.90 Å². The Labute approximate surface area is 176 Å². The number of rotatable bonds is 2. The molecule has 1 atom stereocenters. The second-order valence-corrected chi connectivity index (χ2v) is 5.70. The second-order valence-electron chi connectivity index (χ2n) is 4.94. The van der Waals surface area contributed by atoms with Gasteiger partial charge < -0.3 is 4.90 Å². The van der Waals surface area contributed by atoms with Crippen LogP contribution in [0.5, 0.6) is 0 Å². The van der Waals surface area contributed by atoms with Crippen LogP contribution in [0.2, 0.25) is 0 Å². The maximum absolute atomic E-state index is 8.49. The smallest absolute Gasteiger partial charge is 0.305 e. The third kappa shape index (κ3) is 16.3. The fourth-order valence-corrected chi connectivity index (χ4v) is 1.79. The van der Waals surface area contributed by atoms with Crippen LogP contribution < -0.4 is 18.6 Å². The molecule has 0 fully saturated rings. The summed E-state index contributed by atoms with van der Waals surface area (Å²) >= 11 is 0. The van der Waals surface area contributed by atoms with E-state index in [1.807, 2.05) is 6.07 Å². The summed E-state index contributed by atoms with van der Waals surface area (Å²) in [5, 5.41) is 17.2. The molecule has 0 radical (unpaired) electrons. The molecule has 27 heavy (non-hydrogen) atoms. The van der Waals surface area contributed by atoms with Crippen molar-refractivity contribution in [3.63, 3.8) is 0 Å². The van der Waals surface area contributed by atoms with Gasteiger partial charge in [-0.2, -0.15) is 28.7 Å². The second kappa shape index (κ2) is 16.6. The molecule has 0 spiro atoms. The van der Waals surface area contributed by atoms with Crippen molar-refractivity contribution in [1.29, 1.82) is 10.5 Å². The van der Waals surface area contributed by atoms with Crippen molar-refractivity contribution in [3.05, 3.63) is 48.0 Å². The zero-order valence-corrected chi connectivity index (χ0v) is 18.0. The molecule has 0 aliphatic carbocycles. The first-order chi connectivity index (χ1) is 12.0. The minimum absolute atomic E-state index is 0. The maximum atomic E-state index is 8.49. The Morgan fingerprint density at radius 3 is 1.81 bits per heavy atom. The Kier molecular flexibility index (Phi) is 18.5. The maximum Gasteiger partial charge on any atom is 2.00 e. The van der Waals surface area contributed by atoms with E-state index in [1.165, 1.54) is 30.2 Å². The number of halogens is 1. The predicted molar refractivity (Wildman–Crippen MR) is 87.5 cm³/mol. The summed E-state index contributed by atoms with van der Waals surface area (Å²) in [5.41, 5.74) is 1.28. The summed E-state index contributed by atoms with van der Waals surface area (Å²) < 4.78 is 34.0. The van der Waals surface area contributed by atoms with E-state index in [4.69, 9.17) is 29.2 Å². The molecular formula is C18H22ClN3O4Pd. The third-order valence-corrected chi connectivity index (χ3v) is 2.95. The van der Waals surface area contributed by atoms with E-state index in [9.17, 15) is 0 Å². The monoisotopic (exact) mass is 485 g/mol. The molecule has 0 bridgehead atoms. The number of hydrogen-bond donors (Lipinski definition) is 0. The van der Waals surface area contributed by atoms with Crippen LogP contribution in [-0.4, -0.2) is 19.0 Å². The van der Waals surface area contributed by atoms with Crippen LogP contribution in [0.25, 0.3) is 10.8 Å². The van der Waals surface area contributed by atoms with Gasteiger partial charge in [0.15, 0.2) is 0 Å². The SMILES string of the molecule is CC#N.CC#N.C[C@@H](c1[c-]ccc2ccccc12)N(C)C.[O-][Cl+3]([O-])([O-])[O-].[Pd+2]. The molecule has 0 amide bonds. The van der Waals surface area contributed by atoms with Gasteiger partial charge >= 0.3 is 20.4 Å². The Morgan fingerprint density at radius 2 is 1.41 bits per heavy atom. The van der Waals surface area contributed by atoms with E-state index in [1.54, 1.807) is 12.1 Å². The van der Waals surface area contributed by atoms with Gasteiger partial charge in [0, 0.05) is 19.9 Å². The topological polar surface area (TPSA) is 143 Å². The zero-order valence-electron chi connectivity index (χ0n) is 15.7. The van der Waals surface area contributed by atoms with E-state index in [0.29, 0.717) is 6.04 Å². The van der Waals surface area contributed by atoms with Gasteiger partial charge in [0.2, 0.25) is 0 Å². The molecule has 2 rings (SSSR count). The number of nitriles is 2. The number of fused-ring (bicyclic) bond motifs is 1. The Balaban J connectivity index is -0.000000404. The molecule has 9 heteroatoms. The average Bonchev–Trinajstić information content (AvgIpc) is 2.53. The zero-order chi connectivity index (χ0) is 20.8. The minimum Gasteiger partial charge on any atom is -0.305 e. The Bertz CT molecular complexity index is 702. The van der Waals surface area contributed by atoms with Crippen molar-refractivity contribution in [2.24, 2.45) is 0 Å². The van der Waals surface area contributed by atoms with E-state index in [-0.39, 0.29) is 20.4 Å². The van der Waals surface area contributed by atoms with E-state index in [0.717, 1.165) is 0 Å². The molecule has 2 aromatic carbocycles. The molecule has 0 aliphatic rings. The van der Waals surface area contributed by atoms with Crippen LogP contribution in [0.1, 0.15) is 32.4 Å². The molecule has 150 valence electrons. The van der Waals surface area contributed by atoms with E-state index in [2.05, 4.69) is 62.3 Å². The van der Waals surface area contributed by atoms with Crippen LogP contribution in [-0.2, 0) is 20.4 Å². The van der Waals surface area contributed by atoms with Gasteiger partial charge in [-0.15, -0.1) is 32.6 Å². The molecule has 0 saturated carbocycles. The van der Waals surface area contributed by atoms with Crippen LogP contribution in [0.15, 0.2) is 36.4 Å². The molecule has 0 N–H and O–H groups in total. The van der Waals surface area contributed by atoms with Crippen molar-refractivity contribution in [2.75, 3.05) is 14.1 Å². The van der Waals surface area contributed by atoms with Gasteiger partial charge in [-0.1, -0.05) is 18.2 Å². The largest absolute Gasteiger partial charge is 2.00 e. The summed E-state index contributed by atoms with van der Waals surface area (Å²) in [7, 11) is -0.749. The van der Waals surface area contributed by atoms with E-state index >= 15 is 0 Å². The normalized spacial score (nSPS) is 10.2. The standard InChI is InChI=1S/C14H16N.2C2H3N.ClHO4.Pd/c1-11(15(2)3)13-10-6-8-12-7-4-5-9-14(12)13;2*1-2-3;2-1(3,4)5;/h4-9,11H,1-3H3;2*1H3;(H,2,3,4,5);/q-1;;;;+2/p-1/t11-;;;;/m0..../s1.